The molecule has 1 saturated heterocycles. The monoisotopic (exact) mass is 361 g/mol. The van der Waals surface area contributed by atoms with E-state index in [1.807, 2.05) is 18.2 Å². The minimum Gasteiger partial charge on any atom is -0.483 e. The van der Waals surface area contributed by atoms with Crippen molar-refractivity contribution < 1.29 is 19.1 Å². The van der Waals surface area contributed by atoms with Gasteiger partial charge >= 0.3 is 0 Å². The fourth-order valence-electron chi connectivity index (χ4n) is 3.65. The number of ketones is 1. The van der Waals surface area contributed by atoms with Gasteiger partial charge in [-0.1, -0.05) is 54.6 Å². The molecule has 2 aliphatic rings. The first kappa shape index (κ1) is 17.2. The number of rotatable bonds is 5. The first-order valence-electron chi connectivity index (χ1n) is 8.99. The van der Waals surface area contributed by atoms with Crippen molar-refractivity contribution in [3.05, 3.63) is 72.3 Å². The van der Waals surface area contributed by atoms with Crippen LogP contribution in [-0.4, -0.2) is 24.2 Å². The summed E-state index contributed by atoms with van der Waals surface area (Å²) in [4.78, 5) is 39.2. The first-order chi connectivity index (χ1) is 13.2. The van der Waals surface area contributed by atoms with Gasteiger partial charge in [0, 0.05) is 5.56 Å². The van der Waals surface area contributed by atoms with Crippen molar-refractivity contribution in [3.8, 4) is 5.75 Å². The van der Waals surface area contributed by atoms with Crippen LogP contribution in [0, 0.1) is 11.8 Å². The molecule has 0 radical (unpaired) electrons. The molecule has 0 saturated carbocycles. The molecule has 2 amide bonds. The van der Waals surface area contributed by atoms with E-state index in [0.717, 1.165) is 0 Å². The minimum absolute atomic E-state index is 0.161. The quantitative estimate of drug-likeness (QED) is 0.465. The number of ether oxygens (including phenoxy) is 1. The second-order valence-electron chi connectivity index (χ2n) is 6.71. The van der Waals surface area contributed by atoms with Gasteiger partial charge in [-0.15, -0.1) is 0 Å². The lowest BCUT2D eigenvalue weighted by atomic mass is 9.85. The van der Waals surface area contributed by atoms with Crippen LogP contribution in [0.25, 0.3) is 0 Å². The van der Waals surface area contributed by atoms with Crippen molar-refractivity contribution >= 4 is 23.3 Å². The van der Waals surface area contributed by atoms with Crippen LogP contribution in [0.3, 0.4) is 0 Å². The van der Waals surface area contributed by atoms with Crippen molar-refractivity contribution in [3.63, 3.8) is 0 Å². The summed E-state index contributed by atoms with van der Waals surface area (Å²) in [6.45, 7) is -0.161. The van der Waals surface area contributed by atoms with E-state index in [1.165, 1.54) is 4.90 Å². The lowest BCUT2D eigenvalue weighted by Crippen LogP contribution is -2.31. The Bertz CT molecular complexity index is 893. The van der Waals surface area contributed by atoms with E-state index in [1.54, 1.807) is 48.5 Å². The van der Waals surface area contributed by atoms with Gasteiger partial charge in [-0.3, -0.25) is 14.4 Å². The molecule has 27 heavy (non-hydrogen) atoms. The maximum Gasteiger partial charge on any atom is 0.238 e. The number of Topliss-reactive ketones (excluding diaryl/α,β-unsaturated/α-hetero) is 1. The molecular formula is C22H19NO4. The number of fused-ring (bicyclic) bond motifs is 1. The maximum atomic E-state index is 12.8. The normalized spacial score (nSPS) is 21.3. The molecule has 1 aliphatic heterocycles. The first-order valence-corrected chi connectivity index (χ1v) is 8.99. The van der Waals surface area contributed by atoms with E-state index >= 15 is 0 Å². The average Bonchev–Trinajstić information content (AvgIpc) is 2.98. The van der Waals surface area contributed by atoms with Crippen LogP contribution in [0.2, 0.25) is 0 Å². The second-order valence-corrected chi connectivity index (χ2v) is 6.71. The third kappa shape index (κ3) is 3.16. The zero-order valence-corrected chi connectivity index (χ0v) is 14.7. The van der Waals surface area contributed by atoms with Gasteiger partial charge in [0.25, 0.3) is 0 Å². The van der Waals surface area contributed by atoms with E-state index in [-0.39, 0.29) is 36.0 Å². The molecule has 2 unspecified atom stereocenters. The van der Waals surface area contributed by atoms with Crippen LogP contribution in [0.5, 0.6) is 5.75 Å². The van der Waals surface area contributed by atoms with E-state index in [4.69, 9.17) is 4.74 Å². The number of benzene rings is 2. The van der Waals surface area contributed by atoms with Crippen LogP contribution in [0.15, 0.2) is 66.7 Å². The number of hydrogen-bond donors (Lipinski definition) is 0. The van der Waals surface area contributed by atoms with Crippen LogP contribution >= 0.6 is 0 Å². The van der Waals surface area contributed by atoms with Gasteiger partial charge in [0.05, 0.1) is 17.5 Å². The lowest BCUT2D eigenvalue weighted by Gasteiger charge is -2.18. The summed E-state index contributed by atoms with van der Waals surface area (Å²) in [7, 11) is 0. The lowest BCUT2D eigenvalue weighted by molar-refractivity contribution is -0.122. The van der Waals surface area contributed by atoms with Crippen molar-refractivity contribution in [1.29, 1.82) is 0 Å². The molecule has 2 atom stereocenters. The number of anilines is 1. The van der Waals surface area contributed by atoms with Gasteiger partial charge in [0.1, 0.15) is 5.75 Å². The highest BCUT2D eigenvalue weighted by molar-refractivity contribution is 6.22. The molecule has 5 heteroatoms. The number of nitrogens with zero attached hydrogens (tertiary/aromatic N) is 1. The highest BCUT2D eigenvalue weighted by Crippen LogP contribution is 2.40. The van der Waals surface area contributed by atoms with Crippen LogP contribution < -0.4 is 9.64 Å². The number of para-hydroxylation sites is 2. The summed E-state index contributed by atoms with van der Waals surface area (Å²) in [5.74, 6) is -0.806. The number of amides is 2. The van der Waals surface area contributed by atoms with Gasteiger partial charge in [0.2, 0.25) is 11.8 Å². The highest BCUT2D eigenvalue weighted by atomic mass is 16.5. The third-order valence-electron chi connectivity index (χ3n) is 5.07. The van der Waals surface area contributed by atoms with Gasteiger partial charge in [-0.05, 0) is 25.0 Å². The summed E-state index contributed by atoms with van der Waals surface area (Å²) < 4.78 is 5.70. The molecule has 2 aromatic carbocycles. The number of hydrogen-bond acceptors (Lipinski definition) is 4. The summed E-state index contributed by atoms with van der Waals surface area (Å²) in [5, 5.41) is 0. The Kier molecular flexibility index (Phi) is 4.59. The standard InChI is InChI=1S/C22H19NO4/c24-19(15-8-2-1-3-9-15)14-27-20-13-7-6-12-18(20)23-21(25)16-10-4-5-11-17(16)22(23)26/h1-9,12-13,16-17H,10-11,14H2. The Morgan fingerprint density at radius 1 is 0.889 bits per heavy atom. The largest absolute Gasteiger partial charge is 0.483 e. The van der Waals surface area contributed by atoms with Gasteiger partial charge in [0.15, 0.2) is 12.4 Å². The predicted molar refractivity (Wildman–Crippen MR) is 101 cm³/mol. The minimum atomic E-state index is -0.304. The van der Waals surface area contributed by atoms with E-state index in [9.17, 15) is 14.4 Å². The molecule has 1 heterocycles. The van der Waals surface area contributed by atoms with Crippen molar-refractivity contribution in [2.75, 3.05) is 11.5 Å². The number of carbonyl (C=O) groups excluding carboxylic acids is 3. The molecule has 1 aliphatic carbocycles. The smallest absolute Gasteiger partial charge is 0.238 e. The Hall–Kier alpha value is -3.21. The molecule has 0 N–H and O–H groups in total. The summed E-state index contributed by atoms with van der Waals surface area (Å²) in [6, 6.07) is 15.7. The zero-order valence-electron chi connectivity index (χ0n) is 14.7. The van der Waals surface area contributed by atoms with E-state index in [0.29, 0.717) is 29.8 Å². The molecule has 2 aromatic rings. The van der Waals surface area contributed by atoms with Crippen molar-refractivity contribution in [2.45, 2.75) is 12.8 Å². The van der Waals surface area contributed by atoms with E-state index < -0.39 is 0 Å². The molecule has 0 aromatic heterocycles. The zero-order chi connectivity index (χ0) is 18.8. The third-order valence-corrected chi connectivity index (χ3v) is 5.07. The molecule has 136 valence electrons. The molecular weight excluding hydrogens is 342 g/mol. The van der Waals surface area contributed by atoms with Gasteiger partial charge in [-0.25, -0.2) is 4.90 Å². The Balaban J connectivity index is 1.56. The molecule has 4 rings (SSSR count). The Morgan fingerprint density at radius 2 is 1.48 bits per heavy atom. The van der Waals surface area contributed by atoms with E-state index in [2.05, 4.69) is 0 Å². The number of imide groups is 1. The maximum absolute atomic E-state index is 12.8. The Morgan fingerprint density at radius 3 is 2.15 bits per heavy atom. The summed E-state index contributed by atoms with van der Waals surface area (Å²) in [5.41, 5.74) is 0.961. The summed E-state index contributed by atoms with van der Waals surface area (Å²) in [6.07, 6.45) is 5.08. The predicted octanol–water partition coefficient (Wildman–Crippen LogP) is 3.40. The van der Waals surface area contributed by atoms with Gasteiger partial charge in [-0.2, -0.15) is 0 Å². The molecule has 1 fully saturated rings. The molecule has 0 bridgehead atoms. The topological polar surface area (TPSA) is 63.7 Å². The second kappa shape index (κ2) is 7.19. The van der Waals surface area contributed by atoms with Crippen molar-refractivity contribution in [2.24, 2.45) is 11.8 Å². The van der Waals surface area contributed by atoms with Crippen LogP contribution in [0.4, 0.5) is 5.69 Å². The fraction of sp³-hybridized carbons (Fsp3) is 0.227. The SMILES string of the molecule is O=C(COc1ccccc1N1C(=O)C2CC=CCC2C1=O)c1ccccc1. The van der Waals surface area contributed by atoms with Crippen molar-refractivity contribution in [1.82, 2.24) is 0 Å². The fourth-order valence-corrected chi connectivity index (χ4v) is 3.65. The average molecular weight is 361 g/mol. The molecule has 0 spiro atoms. The summed E-state index contributed by atoms with van der Waals surface area (Å²) >= 11 is 0. The van der Waals surface area contributed by atoms with Gasteiger partial charge < -0.3 is 4.74 Å². The van der Waals surface area contributed by atoms with Crippen LogP contribution in [-0.2, 0) is 9.59 Å². The Labute approximate surface area is 157 Å². The highest BCUT2D eigenvalue weighted by Gasteiger charge is 2.48. The molecule has 5 nitrogen and oxygen atoms in total. The number of allylic oxidation sites excluding steroid dienone is 2. The number of carbonyl (C=O) groups is 3. The van der Waals surface area contributed by atoms with Crippen LogP contribution in [0.1, 0.15) is 23.2 Å².